The number of aryl methyl sites for hydroxylation is 1. The number of imidazole rings is 1. The van der Waals surface area contributed by atoms with Crippen LogP contribution in [0.1, 0.15) is 22.8 Å². The molecule has 3 aromatic heterocycles. The van der Waals surface area contributed by atoms with E-state index in [1.165, 1.54) is 6.20 Å². The van der Waals surface area contributed by atoms with Crippen LogP contribution in [0.2, 0.25) is 5.02 Å². The zero-order valence-corrected chi connectivity index (χ0v) is 15.6. The molecule has 0 saturated carbocycles. The SMILES string of the molecule is O=C(Nc1cc(-c2noc(CCC(F)F)n2)ccc1Cl)c1cnc2ccccn12. The van der Waals surface area contributed by atoms with Crippen molar-refractivity contribution >= 4 is 28.8 Å². The van der Waals surface area contributed by atoms with Gasteiger partial charge in [0, 0.05) is 24.6 Å². The molecule has 0 fully saturated rings. The molecular formula is C19H14ClF2N5O2. The molecule has 0 spiro atoms. The molecule has 0 bridgehead atoms. The first kappa shape index (κ1) is 19.0. The first-order chi connectivity index (χ1) is 14.0. The van der Waals surface area contributed by atoms with Crippen molar-refractivity contribution in [1.29, 1.82) is 0 Å². The zero-order chi connectivity index (χ0) is 20.4. The molecule has 7 nitrogen and oxygen atoms in total. The van der Waals surface area contributed by atoms with Gasteiger partial charge in [0.25, 0.3) is 5.91 Å². The van der Waals surface area contributed by atoms with E-state index in [0.29, 0.717) is 27.6 Å². The molecule has 0 aliphatic heterocycles. The second kappa shape index (κ2) is 7.96. The maximum absolute atomic E-state index is 12.7. The van der Waals surface area contributed by atoms with Gasteiger partial charge < -0.3 is 9.84 Å². The third kappa shape index (κ3) is 4.09. The van der Waals surface area contributed by atoms with E-state index in [1.54, 1.807) is 40.9 Å². The number of anilines is 1. The summed E-state index contributed by atoms with van der Waals surface area (Å²) in [5.41, 5.74) is 1.85. The van der Waals surface area contributed by atoms with Crippen LogP contribution in [-0.2, 0) is 6.42 Å². The summed E-state index contributed by atoms with van der Waals surface area (Å²) in [6, 6.07) is 10.2. The van der Waals surface area contributed by atoms with Crippen molar-refractivity contribution in [3.63, 3.8) is 0 Å². The highest BCUT2D eigenvalue weighted by atomic mass is 35.5. The summed E-state index contributed by atoms with van der Waals surface area (Å²) in [5.74, 6) is -0.0590. The largest absolute Gasteiger partial charge is 0.339 e. The number of fused-ring (bicyclic) bond motifs is 1. The lowest BCUT2D eigenvalue weighted by Crippen LogP contribution is -2.14. The fourth-order valence-electron chi connectivity index (χ4n) is 2.75. The molecule has 1 amide bonds. The highest BCUT2D eigenvalue weighted by molar-refractivity contribution is 6.34. The Morgan fingerprint density at radius 3 is 2.97 bits per heavy atom. The summed E-state index contributed by atoms with van der Waals surface area (Å²) in [5, 5.41) is 6.87. The maximum Gasteiger partial charge on any atom is 0.274 e. The number of amides is 1. The number of nitrogens with one attached hydrogen (secondary N) is 1. The van der Waals surface area contributed by atoms with E-state index in [9.17, 15) is 13.6 Å². The van der Waals surface area contributed by atoms with Crippen molar-refractivity contribution in [2.45, 2.75) is 19.3 Å². The Labute approximate surface area is 168 Å². The molecule has 0 atom stereocenters. The number of benzene rings is 1. The summed E-state index contributed by atoms with van der Waals surface area (Å²) in [4.78, 5) is 21.0. The van der Waals surface area contributed by atoms with Crippen molar-refractivity contribution in [1.82, 2.24) is 19.5 Å². The lowest BCUT2D eigenvalue weighted by molar-refractivity contribution is 0.102. The monoisotopic (exact) mass is 417 g/mol. The van der Waals surface area contributed by atoms with Crippen LogP contribution in [0.4, 0.5) is 14.5 Å². The van der Waals surface area contributed by atoms with E-state index in [1.807, 2.05) is 6.07 Å². The molecule has 4 aromatic rings. The minimum absolute atomic E-state index is 0.0177. The molecule has 1 aromatic carbocycles. The molecule has 10 heteroatoms. The van der Waals surface area contributed by atoms with Crippen LogP contribution < -0.4 is 5.32 Å². The summed E-state index contributed by atoms with van der Waals surface area (Å²) in [6.45, 7) is 0. The number of carbonyl (C=O) groups is 1. The Balaban J connectivity index is 1.56. The summed E-state index contributed by atoms with van der Waals surface area (Å²) in [6.07, 6.45) is 0.383. The Hall–Kier alpha value is -3.33. The minimum atomic E-state index is -2.44. The molecule has 29 heavy (non-hydrogen) atoms. The Morgan fingerprint density at radius 1 is 1.28 bits per heavy atom. The van der Waals surface area contributed by atoms with Gasteiger partial charge in [0.2, 0.25) is 18.1 Å². The summed E-state index contributed by atoms with van der Waals surface area (Å²) in [7, 11) is 0. The van der Waals surface area contributed by atoms with E-state index in [0.717, 1.165) is 0 Å². The van der Waals surface area contributed by atoms with Crippen molar-refractivity contribution < 1.29 is 18.1 Å². The number of pyridine rings is 1. The molecule has 0 aliphatic rings. The van der Waals surface area contributed by atoms with Gasteiger partial charge >= 0.3 is 0 Å². The number of halogens is 3. The lowest BCUT2D eigenvalue weighted by atomic mass is 10.2. The summed E-state index contributed by atoms with van der Waals surface area (Å²) < 4.78 is 31.3. The Morgan fingerprint density at radius 2 is 2.14 bits per heavy atom. The number of carbonyl (C=O) groups excluding carboxylic acids is 1. The molecule has 3 heterocycles. The van der Waals surface area contributed by atoms with E-state index >= 15 is 0 Å². The van der Waals surface area contributed by atoms with Gasteiger partial charge in [-0.1, -0.05) is 22.8 Å². The standard InChI is InChI=1S/C19H14ClF2N5O2/c20-12-5-4-11(18-25-17(29-26-18)7-6-15(21)22)9-13(12)24-19(28)14-10-23-16-3-1-2-8-27(14)16/h1-5,8-10,15H,6-7H2,(H,24,28). The van der Waals surface area contributed by atoms with Gasteiger partial charge in [-0.25, -0.2) is 13.8 Å². The average molecular weight is 418 g/mol. The van der Waals surface area contributed by atoms with E-state index in [2.05, 4.69) is 20.4 Å². The number of hydrogen-bond acceptors (Lipinski definition) is 5. The lowest BCUT2D eigenvalue weighted by Gasteiger charge is -2.08. The predicted octanol–water partition coefficient (Wildman–Crippen LogP) is 4.49. The van der Waals surface area contributed by atoms with E-state index < -0.39 is 12.3 Å². The topological polar surface area (TPSA) is 85.3 Å². The van der Waals surface area contributed by atoms with Gasteiger partial charge in [-0.3, -0.25) is 9.20 Å². The molecule has 1 N–H and O–H groups in total. The fraction of sp³-hybridized carbons (Fsp3) is 0.158. The quantitative estimate of drug-likeness (QED) is 0.499. The fourth-order valence-corrected chi connectivity index (χ4v) is 2.92. The molecule has 0 aliphatic carbocycles. The van der Waals surface area contributed by atoms with Crippen LogP contribution in [-0.4, -0.2) is 31.9 Å². The second-order valence-electron chi connectivity index (χ2n) is 6.16. The Bertz CT molecular complexity index is 1170. The molecule has 0 unspecified atom stereocenters. The molecule has 148 valence electrons. The van der Waals surface area contributed by atoms with Crippen LogP contribution in [0.15, 0.2) is 53.3 Å². The molecular weight excluding hydrogens is 404 g/mol. The van der Waals surface area contributed by atoms with Crippen LogP contribution in [0, 0.1) is 0 Å². The smallest absolute Gasteiger partial charge is 0.274 e. The molecule has 0 radical (unpaired) electrons. The van der Waals surface area contributed by atoms with Crippen molar-refractivity contribution in [3.8, 4) is 11.4 Å². The van der Waals surface area contributed by atoms with E-state index in [4.69, 9.17) is 16.1 Å². The van der Waals surface area contributed by atoms with Gasteiger partial charge in [0.05, 0.1) is 16.9 Å². The third-order valence-corrected chi connectivity index (χ3v) is 4.50. The minimum Gasteiger partial charge on any atom is -0.339 e. The highest BCUT2D eigenvalue weighted by Crippen LogP contribution is 2.28. The number of hydrogen-bond donors (Lipinski definition) is 1. The van der Waals surface area contributed by atoms with Gasteiger partial charge in [0.1, 0.15) is 11.3 Å². The van der Waals surface area contributed by atoms with Gasteiger partial charge in [-0.05, 0) is 30.3 Å². The van der Waals surface area contributed by atoms with Crippen LogP contribution in [0.3, 0.4) is 0 Å². The first-order valence-electron chi connectivity index (χ1n) is 8.65. The number of nitrogens with zero attached hydrogens (tertiary/aromatic N) is 4. The second-order valence-corrected chi connectivity index (χ2v) is 6.57. The maximum atomic E-state index is 12.7. The number of alkyl halides is 2. The average Bonchev–Trinajstić information content (AvgIpc) is 3.35. The molecule has 4 rings (SSSR count). The van der Waals surface area contributed by atoms with Crippen molar-refractivity contribution in [2.24, 2.45) is 0 Å². The first-order valence-corrected chi connectivity index (χ1v) is 9.03. The van der Waals surface area contributed by atoms with Crippen molar-refractivity contribution in [3.05, 3.63) is 65.4 Å². The predicted molar refractivity (Wildman–Crippen MR) is 102 cm³/mol. The van der Waals surface area contributed by atoms with Gasteiger partial charge in [-0.15, -0.1) is 0 Å². The third-order valence-electron chi connectivity index (χ3n) is 4.17. The van der Waals surface area contributed by atoms with Crippen LogP contribution >= 0.6 is 11.6 Å². The van der Waals surface area contributed by atoms with Crippen LogP contribution in [0.25, 0.3) is 17.0 Å². The zero-order valence-electron chi connectivity index (χ0n) is 14.8. The number of rotatable bonds is 6. The number of aromatic nitrogens is 4. The molecule has 0 saturated heterocycles. The normalized spacial score (nSPS) is 11.3. The van der Waals surface area contributed by atoms with Crippen LogP contribution in [0.5, 0.6) is 0 Å². The van der Waals surface area contributed by atoms with E-state index in [-0.39, 0.29) is 24.6 Å². The van der Waals surface area contributed by atoms with Gasteiger partial charge in [0.15, 0.2) is 0 Å². The Kier molecular flexibility index (Phi) is 5.22. The summed E-state index contributed by atoms with van der Waals surface area (Å²) >= 11 is 6.21. The highest BCUT2D eigenvalue weighted by Gasteiger charge is 2.16. The van der Waals surface area contributed by atoms with Gasteiger partial charge in [-0.2, -0.15) is 4.98 Å². The van der Waals surface area contributed by atoms with Crippen molar-refractivity contribution in [2.75, 3.05) is 5.32 Å².